The average Bonchev–Trinajstić information content (AvgIpc) is 3.24. The van der Waals surface area contributed by atoms with E-state index in [4.69, 9.17) is 37.1 Å². The number of benzene rings is 3. The fraction of sp³-hybridized carbons (Fsp3) is 0.115. The molecule has 0 saturated heterocycles. The van der Waals surface area contributed by atoms with Crippen LogP contribution in [0.3, 0.4) is 0 Å². The lowest BCUT2D eigenvalue weighted by Crippen LogP contribution is -2.09. The number of carbonyl (C=O) groups excluding carboxylic acids is 1. The third-order valence-electron chi connectivity index (χ3n) is 5.28. The molecule has 0 unspecified atom stereocenters. The third-order valence-corrected chi connectivity index (χ3v) is 6.10. The van der Waals surface area contributed by atoms with Crippen LogP contribution in [-0.4, -0.2) is 20.1 Å². The molecule has 168 valence electrons. The first-order valence-corrected chi connectivity index (χ1v) is 10.8. The van der Waals surface area contributed by atoms with Gasteiger partial charge in [-0.1, -0.05) is 41.4 Å². The van der Waals surface area contributed by atoms with Gasteiger partial charge in [0.1, 0.15) is 17.1 Å². The summed E-state index contributed by atoms with van der Waals surface area (Å²) in [6.45, 7) is 1.84. The van der Waals surface area contributed by atoms with Crippen molar-refractivity contribution < 1.29 is 18.7 Å². The number of rotatable bonds is 6. The highest BCUT2D eigenvalue weighted by Crippen LogP contribution is 2.38. The standard InChI is InChI=1S/C26H21Cl2NO4/c1-15(11-25(30)29-22-6-4-5-21(27)26(22)28)18-12-19-20(14-33-24(19)13-23(18)32-3)16-7-9-17(31-2)10-8-16/h4-14H,1-3H3,(H,29,30)/b15-11+. The van der Waals surface area contributed by atoms with Gasteiger partial charge in [0, 0.05) is 28.7 Å². The molecule has 4 aromatic rings. The second-order valence-corrected chi connectivity index (χ2v) is 8.13. The highest BCUT2D eigenvalue weighted by atomic mass is 35.5. The highest BCUT2D eigenvalue weighted by molar-refractivity contribution is 6.44. The van der Waals surface area contributed by atoms with Crippen molar-refractivity contribution in [1.29, 1.82) is 0 Å². The Hall–Kier alpha value is -3.41. The molecule has 0 fully saturated rings. The molecule has 1 N–H and O–H groups in total. The second-order valence-electron chi connectivity index (χ2n) is 7.34. The number of amides is 1. The van der Waals surface area contributed by atoms with Gasteiger partial charge in [-0.15, -0.1) is 0 Å². The van der Waals surface area contributed by atoms with E-state index in [0.29, 0.717) is 32.6 Å². The summed E-state index contributed by atoms with van der Waals surface area (Å²) in [6.07, 6.45) is 3.21. The summed E-state index contributed by atoms with van der Waals surface area (Å²) in [6, 6.07) is 16.6. The zero-order valence-electron chi connectivity index (χ0n) is 18.2. The molecule has 5 nitrogen and oxygen atoms in total. The second kappa shape index (κ2) is 9.61. The van der Waals surface area contributed by atoms with Crippen molar-refractivity contribution in [3.63, 3.8) is 0 Å². The van der Waals surface area contributed by atoms with Crippen LogP contribution in [0.2, 0.25) is 10.0 Å². The van der Waals surface area contributed by atoms with E-state index in [1.165, 1.54) is 6.08 Å². The van der Waals surface area contributed by atoms with Gasteiger partial charge in [0.15, 0.2) is 0 Å². The Kier molecular flexibility index (Phi) is 6.63. The van der Waals surface area contributed by atoms with Crippen molar-refractivity contribution in [2.75, 3.05) is 19.5 Å². The van der Waals surface area contributed by atoms with E-state index in [0.717, 1.165) is 27.8 Å². The zero-order valence-corrected chi connectivity index (χ0v) is 19.8. The molecule has 3 aromatic carbocycles. The average molecular weight is 482 g/mol. The van der Waals surface area contributed by atoms with Gasteiger partial charge in [-0.2, -0.15) is 0 Å². The number of fused-ring (bicyclic) bond motifs is 1. The van der Waals surface area contributed by atoms with E-state index in [9.17, 15) is 4.79 Å². The molecule has 1 amide bonds. The highest BCUT2D eigenvalue weighted by Gasteiger charge is 2.15. The predicted molar refractivity (Wildman–Crippen MR) is 133 cm³/mol. The van der Waals surface area contributed by atoms with Crippen molar-refractivity contribution in [2.24, 2.45) is 0 Å². The summed E-state index contributed by atoms with van der Waals surface area (Å²) in [5.74, 6) is 1.04. The third kappa shape index (κ3) is 4.70. The van der Waals surface area contributed by atoms with Crippen molar-refractivity contribution in [1.82, 2.24) is 0 Å². The summed E-state index contributed by atoms with van der Waals surface area (Å²) in [4.78, 5) is 12.7. The predicted octanol–water partition coefficient (Wildman–Crippen LogP) is 7.47. The van der Waals surface area contributed by atoms with Crippen LogP contribution < -0.4 is 14.8 Å². The molecule has 33 heavy (non-hydrogen) atoms. The number of nitrogens with one attached hydrogen (secondary N) is 1. The Balaban J connectivity index is 1.70. The van der Waals surface area contributed by atoms with Crippen LogP contribution in [0.4, 0.5) is 5.69 Å². The Morgan fingerprint density at radius 2 is 1.79 bits per heavy atom. The minimum atomic E-state index is -0.332. The molecule has 0 saturated carbocycles. The Morgan fingerprint density at radius 3 is 2.48 bits per heavy atom. The Morgan fingerprint density at radius 1 is 1.03 bits per heavy atom. The van der Waals surface area contributed by atoms with Crippen LogP contribution in [-0.2, 0) is 4.79 Å². The number of halogens is 2. The zero-order chi connectivity index (χ0) is 23.5. The van der Waals surface area contributed by atoms with E-state index in [1.54, 1.807) is 38.7 Å². The van der Waals surface area contributed by atoms with Crippen molar-refractivity contribution in [3.05, 3.63) is 82.5 Å². The molecule has 0 radical (unpaired) electrons. The molecule has 4 rings (SSSR count). The van der Waals surface area contributed by atoms with Crippen LogP contribution in [0.25, 0.3) is 27.7 Å². The minimum absolute atomic E-state index is 0.292. The molecular weight excluding hydrogens is 461 g/mol. The number of ether oxygens (including phenoxy) is 2. The summed E-state index contributed by atoms with van der Waals surface area (Å²) in [5.41, 5.74) is 4.53. The van der Waals surface area contributed by atoms with Gasteiger partial charge >= 0.3 is 0 Å². The smallest absolute Gasteiger partial charge is 0.248 e. The summed E-state index contributed by atoms with van der Waals surface area (Å²) < 4.78 is 16.6. The van der Waals surface area contributed by atoms with Crippen LogP contribution >= 0.6 is 23.2 Å². The number of hydrogen-bond donors (Lipinski definition) is 1. The Labute approximate surface area is 201 Å². The van der Waals surface area contributed by atoms with E-state index < -0.39 is 0 Å². The van der Waals surface area contributed by atoms with E-state index in [-0.39, 0.29) is 5.91 Å². The molecule has 0 atom stereocenters. The van der Waals surface area contributed by atoms with Gasteiger partial charge in [-0.25, -0.2) is 0 Å². The van der Waals surface area contributed by atoms with Crippen LogP contribution in [0.1, 0.15) is 12.5 Å². The SMILES string of the molecule is COc1ccc(-c2coc3cc(OC)c(/C(C)=C/C(=O)Nc4cccc(Cl)c4Cl)cc23)cc1. The van der Waals surface area contributed by atoms with Gasteiger partial charge in [0.05, 0.1) is 36.2 Å². The summed E-state index contributed by atoms with van der Waals surface area (Å²) in [5, 5.41) is 4.33. The maximum absolute atomic E-state index is 12.7. The normalized spacial score (nSPS) is 11.5. The van der Waals surface area contributed by atoms with Crippen molar-refractivity contribution in [3.8, 4) is 22.6 Å². The lowest BCUT2D eigenvalue weighted by atomic mass is 9.99. The number of hydrogen-bond acceptors (Lipinski definition) is 4. The van der Waals surface area contributed by atoms with Crippen molar-refractivity contribution in [2.45, 2.75) is 6.92 Å². The molecule has 0 bridgehead atoms. The molecule has 0 aliphatic rings. The number of furan rings is 1. The maximum Gasteiger partial charge on any atom is 0.248 e. The first-order chi connectivity index (χ1) is 15.9. The van der Waals surface area contributed by atoms with Crippen LogP contribution in [0.15, 0.2) is 71.4 Å². The lowest BCUT2D eigenvalue weighted by molar-refractivity contribution is -0.111. The quantitative estimate of drug-likeness (QED) is 0.290. The Bertz CT molecular complexity index is 1360. The van der Waals surface area contributed by atoms with Crippen LogP contribution in [0.5, 0.6) is 11.5 Å². The summed E-state index contributed by atoms with van der Waals surface area (Å²) >= 11 is 12.2. The molecule has 1 aromatic heterocycles. The number of carbonyl (C=O) groups is 1. The molecule has 0 aliphatic heterocycles. The largest absolute Gasteiger partial charge is 0.497 e. The van der Waals surface area contributed by atoms with E-state index in [1.807, 2.05) is 43.3 Å². The summed E-state index contributed by atoms with van der Waals surface area (Å²) in [7, 11) is 3.21. The van der Waals surface area contributed by atoms with Gasteiger partial charge in [-0.05, 0) is 48.4 Å². The topological polar surface area (TPSA) is 60.7 Å². The first-order valence-electron chi connectivity index (χ1n) is 10.1. The minimum Gasteiger partial charge on any atom is -0.497 e. The maximum atomic E-state index is 12.7. The number of anilines is 1. The molecule has 0 spiro atoms. The molecule has 0 aliphatic carbocycles. The number of methoxy groups -OCH3 is 2. The molecular formula is C26H21Cl2NO4. The van der Waals surface area contributed by atoms with E-state index in [2.05, 4.69) is 5.32 Å². The monoisotopic (exact) mass is 481 g/mol. The number of allylic oxidation sites excluding steroid dienone is 1. The fourth-order valence-corrected chi connectivity index (χ4v) is 3.92. The lowest BCUT2D eigenvalue weighted by Gasteiger charge is -2.11. The van der Waals surface area contributed by atoms with Gasteiger partial charge in [-0.3, -0.25) is 4.79 Å². The molecule has 1 heterocycles. The van der Waals surface area contributed by atoms with Gasteiger partial charge in [0.25, 0.3) is 0 Å². The van der Waals surface area contributed by atoms with Gasteiger partial charge < -0.3 is 19.2 Å². The van der Waals surface area contributed by atoms with E-state index >= 15 is 0 Å². The first kappa shape index (κ1) is 22.8. The fourth-order valence-electron chi connectivity index (χ4n) is 3.57. The molecule has 7 heteroatoms. The van der Waals surface area contributed by atoms with Crippen LogP contribution in [0, 0.1) is 0 Å². The van der Waals surface area contributed by atoms with Gasteiger partial charge in [0.2, 0.25) is 5.91 Å². The van der Waals surface area contributed by atoms with Crippen molar-refractivity contribution >= 4 is 51.3 Å².